The quantitative estimate of drug-likeness (QED) is 0.432. The van der Waals surface area contributed by atoms with E-state index in [1.807, 2.05) is 0 Å². The van der Waals surface area contributed by atoms with Gasteiger partial charge in [0.1, 0.15) is 0 Å². The molecule has 0 bridgehead atoms. The molecule has 0 aromatic heterocycles. The van der Waals surface area contributed by atoms with Crippen LogP contribution in [0.15, 0.2) is 4.99 Å². The van der Waals surface area contributed by atoms with Crippen molar-refractivity contribution in [3.05, 3.63) is 0 Å². The Kier molecular flexibility index (Phi) is 0.693. The number of ketones is 1. The molecule has 0 aliphatic carbocycles. The van der Waals surface area contributed by atoms with Crippen LogP contribution in [0.5, 0.6) is 0 Å². The summed E-state index contributed by atoms with van der Waals surface area (Å²) in [6.45, 7) is 0.152. The van der Waals surface area contributed by atoms with Crippen LogP contribution < -0.4 is 0 Å². The summed E-state index contributed by atoms with van der Waals surface area (Å²) in [5.41, 5.74) is 0. The summed E-state index contributed by atoms with van der Waals surface area (Å²) >= 11 is 0. The van der Waals surface area contributed by atoms with Gasteiger partial charge in [0, 0.05) is 9.16 Å². The molecule has 1 heterocycles. The normalized spacial score (nSPS) is 31.7. The summed E-state index contributed by atoms with van der Waals surface area (Å²) in [5.74, 6) is -0.123. The second-order valence-corrected chi connectivity index (χ2v) is 1.39. The van der Waals surface area contributed by atoms with E-state index in [0.29, 0.717) is 0 Å². The second-order valence-electron chi connectivity index (χ2n) is 1.39. The highest BCUT2D eigenvalue weighted by Gasteiger charge is 2.01. The van der Waals surface area contributed by atoms with Crippen LogP contribution >= 0.6 is 0 Å². The van der Waals surface area contributed by atoms with Crippen LogP contribution in [0.1, 0.15) is 15.5 Å². The van der Waals surface area contributed by atoms with Crippen LogP contribution in [0.3, 0.4) is 0 Å². The maximum absolute atomic E-state index is 10.5. The van der Waals surface area contributed by atoms with E-state index in [1.165, 1.54) is 6.21 Å². The van der Waals surface area contributed by atoms with Gasteiger partial charge < -0.3 is 0 Å². The van der Waals surface area contributed by atoms with E-state index < -0.39 is 6.37 Å². The van der Waals surface area contributed by atoms with Crippen LogP contribution in [0.2, 0.25) is 0 Å². The minimum Gasteiger partial charge on any atom is -0.298 e. The molecule has 0 saturated heterocycles. The van der Waals surface area contributed by atoms with Crippen molar-refractivity contribution in [3.8, 4) is 0 Å². The first-order valence-corrected chi connectivity index (χ1v) is 2.13. The molecule has 0 atom stereocenters. The van der Waals surface area contributed by atoms with E-state index in [-0.39, 0.29) is 18.7 Å². The van der Waals surface area contributed by atoms with Gasteiger partial charge in [0.2, 0.25) is 0 Å². The van der Waals surface area contributed by atoms with Gasteiger partial charge in [-0.1, -0.05) is 0 Å². The molecule has 2 nitrogen and oxygen atoms in total. The predicted molar refractivity (Wildman–Crippen MR) is 27.6 cm³/mol. The number of hydrogen-bond donors (Lipinski definition) is 0. The fraction of sp³-hybridized carbons (Fsp3) is 0.600. The fourth-order valence-corrected chi connectivity index (χ4v) is 0.427. The van der Waals surface area contributed by atoms with Crippen LogP contribution in [-0.4, -0.2) is 18.5 Å². The topological polar surface area (TPSA) is 29.4 Å². The lowest BCUT2D eigenvalue weighted by atomic mass is 10.2. The SMILES string of the molecule is [2H]C1([2H])C=NCC(=O)C1. The Morgan fingerprint density at radius 3 is 3.29 bits per heavy atom. The van der Waals surface area contributed by atoms with Gasteiger partial charge in [-0.05, 0) is 12.6 Å². The van der Waals surface area contributed by atoms with Crippen molar-refractivity contribution < 1.29 is 7.54 Å². The van der Waals surface area contributed by atoms with Gasteiger partial charge in [-0.15, -0.1) is 0 Å². The van der Waals surface area contributed by atoms with Crippen molar-refractivity contribution in [3.63, 3.8) is 0 Å². The number of Topliss-reactive ketones (excluding diaryl/α,β-unsaturated/α-hetero) is 1. The van der Waals surface area contributed by atoms with Gasteiger partial charge in [-0.2, -0.15) is 0 Å². The van der Waals surface area contributed by atoms with Gasteiger partial charge in [0.25, 0.3) is 0 Å². The lowest BCUT2D eigenvalue weighted by Crippen LogP contribution is -2.06. The first kappa shape index (κ1) is 2.60. The van der Waals surface area contributed by atoms with Crippen molar-refractivity contribution in [1.29, 1.82) is 0 Å². The molecule has 0 unspecified atom stereocenters. The maximum atomic E-state index is 10.5. The Hall–Kier alpha value is -0.660. The number of aliphatic imine (C=N–C) groups is 1. The third kappa shape index (κ3) is 1.11. The molecule has 1 aliphatic heterocycles. The van der Waals surface area contributed by atoms with Crippen LogP contribution in [0, 0.1) is 0 Å². The minimum absolute atomic E-state index is 0.0174. The summed E-state index contributed by atoms with van der Waals surface area (Å²) in [6.07, 6.45) is -0.305. The zero-order valence-corrected chi connectivity index (χ0v) is 3.85. The average molecular weight is 99.1 g/mol. The molecule has 0 N–H and O–H groups in total. The average Bonchev–Trinajstić information content (AvgIpc) is 1.60. The smallest absolute Gasteiger partial charge is 0.154 e. The lowest BCUT2D eigenvalue weighted by Gasteiger charge is -1.97. The van der Waals surface area contributed by atoms with E-state index in [0.717, 1.165) is 0 Å². The van der Waals surface area contributed by atoms with Crippen LogP contribution in [0.25, 0.3) is 0 Å². The minimum atomic E-state index is -1.49. The molecular weight excluding hydrogens is 90.1 g/mol. The molecule has 0 amide bonds. The Morgan fingerprint density at radius 1 is 2.00 bits per heavy atom. The number of carbonyl (C=O) groups is 1. The molecule has 0 saturated carbocycles. The maximum Gasteiger partial charge on any atom is 0.154 e. The van der Waals surface area contributed by atoms with E-state index >= 15 is 0 Å². The molecule has 0 spiro atoms. The molecule has 38 valence electrons. The molecule has 1 aliphatic rings. The molecule has 0 aromatic rings. The Labute approximate surface area is 45.1 Å². The molecular formula is C5H7NO. The van der Waals surface area contributed by atoms with Crippen molar-refractivity contribution in [2.45, 2.75) is 12.8 Å². The standard InChI is InChI=1S/C5H7NO/c7-5-2-1-3-6-4-5/h3H,1-2,4H2/i1D2. The first-order valence-electron chi connectivity index (χ1n) is 3.13. The summed E-state index contributed by atoms with van der Waals surface area (Å²) in [7, 11) is 0. The second kappa shape index (κ2) is 1.87. The summed E-state index contributed by atoms with van der Waals surface area (Å²) in [6, 6.07) is 0. The van der Waals surface area contributed by atoms with Gasteiger partial charge >= 0.3 is 0 Å². The molecule has 0 fully saturated rings. The number of rotatable bonds is 0. The fourth-order valence-electron chi connectivity index (χ4n) is 0.427. The third-order valence-electron chi connectivity index (χ3n) is 0.749. The molecule has 2 heteroatoms. The van der Waals surface area contributed by atoms with Gasteiger partial charge in [-0.25, -0.2) is 0 Å². The Balaban J connectivity index is 2.71. The molecule has 1 rings (SSSR count). The molecule has 0 aromatic carbocycles. The van der Waals surface area contributed by atoms with Crippen molar-refractivity contribution in [2.75, 3.05) is 6.54 Å². The zero-order chi connectivity index (χ0) is 6.91. The van der Waals surface area contributed by atoms with E-state index in [9.17, 15) is 4.79 Å². The Morgan fingerprint density at radius 2 is 2.86 bits per heavy atom. The third-order valence-corrected chi connectivity index (χ3v) is 0.749. The van der Waals surface area contributed by atoms with Gasteiger partial charge in [0.05, 0.1) is 6.54 Å². The van der Waals surface area contributed by atoms with Crippen molar-refractivity contribution >= 4 is 12.0 Å². The molecule has 0 radical (unpaired) electrons. The van der Waals surface area contributed by atoms with Crippen LogP contribution in [0.4, 0.5) is 0 Å². The van der Waals surface area contributed by atoms with E-state index in [4.69, 9.17) is 2.74 Å². The highest BCUT2D eigenvalue weighted by Crippen LogP contribution is 1.93. The summed E-state index contributed by atoms with van der Waals surface area (Å²) in [5, 5.41) is 0. The lowest BCUT2D eigenvalue weighted by molar-refractivity contribution is -0.117. The molecule has 7 heavy (non-hydrogen) atoms. The largest absolute Gasteiger partial charge is 0.298 e. The number of nitrogens with zero attached hydrogens (tertiary/aromatic N) is 1. The predicted octanol–water partition coefficient (Wildman–Crippen LogP) is 0.420. The van der Waals surface area contributed by atoms with Gasteiger partial charge in [-0.3, -0.25) is 9.79 Å². The van der Waals surface area contributed by atoms with E-state index in [1.54, 1.807) is 0 Å². The highest BCUT2D eigenvalue weighted by atomic mass is 16.1. The first-order chi connectivity index (χ1) is 4.10. The highest BCUT2D eigenvalue weighted by molar-refractivity contribution is 5.86. The van der Waals surface area contributed by atoms with Crippen LogP contribution in [-0.2, 0) is 4.79 Å². The van der Waals surface area contributed by atoms with Crippen molar-refractivity contribution in [2.24, 2.45) is 4.99 Å². The van der Waals surface area contributed by atoms with Gasteiger partial charge in [0.15, 0.2) is 5.78 Å². The summed E-state index contributed by atoms with van der Waals surface area (Å²) < 4.78 is 14.1. The Bertz CT molecular complexity index is 164. The summed E-state index contributed by atoms with van der Waals surface area (Å²) in [4.78, 5) is 14.1. The zero-order valence-electron chi connectivity index (χ0n) is 5.85. The number of carbonyl (C=O) groups excluding carboxylic acids is 1. The monoisotopic (exact) mass is 99.1 g/mol. The van der Waals surface area contributed by atoms with E-state index in [2.05, 4.69) is 4.99 Å². The number of hydrogen-bond acceptors (Lipinski definition) is 2. The van der Waals surface area contributed by atoms with Crippen molar-refractivity contribution in [1.82, 2.24) is 0 Å².